The first-order chi connectivity index (χ1) is 8.91. The molecule has 1 fully saturated rings. The SMILES string of the molecule is CC(C)(C)C1CCN(c2cc(Br)ccc2CBr)CC1. The number of rotatable bonds is 2. The normalized spacial score (nSPS) is 17.8. The highest BCUT2D eigenvalue weighted by molar-refractivity contribution is 9.10. The zero-order chi connectivity index (χ0) is 14.0. The summed E-state index contributed by atoms with van der Waals surface area (Å²) in [6, 6.07) is 6.60. The second kappa shape index (κ2) is 6.17. The fourth-order valence-electron chi connectivity index (χ4n) is 2.93. The Balaban J connectivity index is 2.11. The fraction of sp³-hybridized carbons (Fsp3) is 0.625. The molecule has 19 heavy (non-hydrogen) atoms. The van der Waals surface area contributed by atoms with Crippen LogP contribution in [-0.4, -0.2) is 13.1 Å². The van der Waals surface area contributed by atoms with Crippen molar-refractivity contribution in [2.45, 2.75) is 38.9 Å². The molecule has 0 amide bonds. The third-order valence-electron chi connectivity index (χ3n) is 4.25. The molecule has 0 radical (unpaired) electrons. The summed E-state index contributed by atoms with van der Waals surface area (Å²) < 4.78 is 1.17. The minimum absolute atomic E-state index is 0.446. The highest BCUT2D eigenvalue weighted by atomic mass is 79.9. The Kier molecular flexibility index (Phi) is 4.99. The molecule has 2 rings (SSSR count). The van der Waals surface area contributed by atoms with E-state index in [1.807, 2.05) is 0 Å². The Labute approximate surface area is 134 Å². The van der Waals surface area contributed by atoms with Gasteiger partial charge in [-0.3, -0.25) is 0 Å². The number of piperidine rings is 1. The summed E-state index contributed by atoms with van der Waals surface area (Å²) in [4.78, 5) is 2.55. The highest BCUT2D eigenvalue weighted by Gasteiger charge is 2.29. The maximum absolute atomic E-state index is 3.60. The predicted molar refractivity (Wildman–Crippen MR) is 91.2 cm³/mol. The Morgan fingerprint density at radius 2 is 1.84 bits per heavy atom. The van der Waals surface area contributed by atoms with Crippen molar-refractivity contribution in [2.75, 3.05) is 18.0 Å². The van der Waals surface area contributed by atoms with E-state index >= 15 is 0 Å². The first-order valence-corrected chi connectivity index (χ1v) is 8.92. The van der Waals surface area contributed by atoms with Crippen molar-refractivity contribution in [3.63, 3.8) is 0 Å². The summed E-state index contributed by atoms with van der Waals surface area (Å²) in [5.74, 6) is 0.850. The van der Waals surface area contributed by atoms with Crippen LogP contribution in [0.4, 0.5) is 5.69 Å². The third kappa shape index (κ3) is 3.75. The monoisotopic (exact) mass is 387 g/mol. The number of hydrogen-bond acceptors (Lipinski definition) is 1. The number of benzene rings is 1. The number of halogens is 2. The molecule has 106 valence electrons. The average molecular weight is 389 g/mol. The maximum Gasteiger partial charge on any atom is 0.0418 e. The number of nitrogens with zero attached hydrogens (tertiary/aromatic N) is 1. The van der Waals surface area contributed by atoms with Crippen molar-refractivity contribution in [3.05, 3.63) is 28.2 Å². The van der Waals surface area contributed by atoms with Gasteiger partial charge in [-0.05, 0) is 41.9 Å². The van der Waals surface area contributed by atoms with Gasteiger partial charge in [-0.25, -0.2) is 0 Å². The van der Waals surface area contributed by atoms with Crippen LogP contribution >= 0.6 is 31.9 Å². The fourth-order valence-corrected chi connectivity index (χ4v) is 3.75. The van der Waals surface area contributed by atoms with Gasteiger partial charge in [0, 0.05) is 28.6 Å². The lowest BCUT2D eigenvalue weighted by molar-refractivity contribution is 0.199. The molecule has 0 bridgehead atoms. The lowest BCUT2D eigenvalue weighted by Crippen LogP contribution is -2.38. The van der Waals surface area contributed by atoms with Crippen molar-refractivity contribution in [3.8, 4) is 0 Å². The van der Waals surface area contributed by atoms with E-state index in [2.05, 4.69) is 75.7 Å². The van der Waals surface area contributed by atoms with Gasteiger partial charge in [0.1, 0.15) is 0 Å². The molecule has 0 N–H and O–H groups in total. The minimum Gasteiger partial charge on any atom is -0.371 e. The minimum atomic E-state index is 0.446. The molecule has 0 saturated carbocycles. The van der Waals surface area contributed by atoms with Gasteiger partial charge in [0.05, 0.1) is 0 Å². The van der Waals surface area contributed by atoms with Crippen molar-refractivity contribution < 1.29 is 0 Å². The van der Waals surface area contributed by atoms with Crippen LogP contribution in [0, 0.1) is 11.3 Å². The third-order valence-corrected chi connectivity index (χ3v) is 5.35. The topological polar surface area (TPSA) is 3.24 Å². The van der Waals surface area contributed by atoms with Crippen molar-refractivity contribution in [1.82, 2.24) is 0 Å². The molecule has 0 unspecified atom stereocenters. The van der Waals surface area contributed by atoms with E-state index in [0.29, 0.717) is 5.41 Å². The first-order valence-electron chi connectivity index (χ1n) is 7.01. The average Bonchev–Trinajstić information content (AvgIpc) is 2.38. The maximum atomic E-state index is 3.60. The number of anilines is 1. The van der Waals surface area contributed by atoms with E-state index in [1.54, 1.807) is 0 Å². The van der Waals surface area contributed by atoms with Gasteiger partial charge in [-0.15, -0.1) is 0 Å². The lowest BCUT2D eigenvalue weighted by Gasteiger charge is -2.40. The zero-order valence-corrected chi connectivity index (χ0v) is 15.2. The molecule has 1 heterocycles. The Morgan fingerprint density at radius 1 is 1.21 bits per heavy atom. The van der Waals surface area contributed by atoms with Crippen LogP contribution in [-0.2, 0) is 5.33 Å². The lowest BCUT2D eigenvalue weighted by atomic mass is 9.75. The van der Waals surface area contributed by atoms with E-state index in [-0.39, 0.29) is 0 Å². The van der Waals surface area contributed by atoms with Crippen molar-refractivity contribution in [2.24, 2.45) is 11.3 Å². The number of alkyl halides is 1. The van der Waals surface area contributed by atoms with Crippen LogP contribution in [0.1, 0.15) is 39.2 Å². The van der Waals surface area contributed by atoms with Gasteiger partial charge in [-0.2, -0.15) is 0 Å². The molecular weight excluding hydrogens is 366 g/mol. The molecule has 0 aromatic heterocycles. The highest BCUT2D eigenvalue weighted by Crippen LogP contribution is 2.37. The second-order valence-corrected chi connectivity index (χ2v) is 8.01. The molecule has 1 aliphatic heterocycles. The van der Waals surface area contributed by atoms with Gasteiger partial charge in [0.15, 0.2) is 0 Å². The summed E-state index contributed by atoms with van der Waals surface area (Å²) >= 11 is 7.19. The van der Waals surface area contributed by atoms with E-state index in [9.17, 15) is 0 Å². The second-order valence-electron chi connectivity index (χ2n) is 6.53. The smallest absolute Gasteiger partial charge is 0.0418 e. The Bertz CT molecular complexity index is 429. The van der Waals surface area contributed by atoms with E-state index in [0.717, 1.165) is 11.2 Å². The molecule has 1 aliphatic rings. The van der Waals surface area contributed by atoms with Crippen molar-refractivity contribution in [1.29, 1.82) is 0 Å². The van der Waals surface area contributed by atoms with E-state index in [1.165, 1.54) is 41.7 Å². The molecule has 0 aliphatic carbocycles. The van der Waals surface area contributed by atoms with Gasteiger partial charge >= 0.3 is 0 Å². The summed E-state index contributed by atoms with van der Waals surface area (Å²) in [7, 11) is 0. The van der Waals surface area contributed by atoms with Crippen LogP contribution in [0.2, 0.25) is 0 Å². The molecule has 1 aromatic carbocycles. The van der Waals surface area contributed by atoms with Gasteiger partial charge in [-0.1, -0.05) is 58.7 Å². The molecule has 0 spiro atoms. The van der Waals surface area contributed by atoms with Gasteiger partial charge in [0.25, 0.3) is 0 Å². The van der Waals surface area contributed by atoms with Crippen LogP contribution in [0.15, 0.2) is 22.7 Å². The van der Waals surface area contributed by atoms with E-state index < -0.39 is 0 Å². The van der Waals surface area contributed by atoms with Gasteiger partial charge < -0.3 is 4.90 Å². The summed E-state index contributed by atoms with van der Waals surface area (Å²) in [5.41, 5.74) is 3.22. The number of hydrogen-bond donors (Lipinski definition) is 0. The van der Waals surface area contributed by atoms with Gasteiger partial charge in [0.2, 0.25) is 0 Å². The van der Waals surface area contributed by atoms with Crippen LogP contribution in [0.3, 0.4) is 0 Å². The molecule has 1 saturated heterocycles. The molecule has 0 atom stereocenters. The Morgan fingerprint density at radius 3 is 2.37 bits per heavy atom. The first kappa shape index (κ1) is 15.4. The summed E-state index contributed by atoms with van der Waals surface area (Å²) in [6.07, 6.45) is 2.61. The zero-order valence-electron chi connectivity index (χ0n) is 12.0. The van der Waals surface area contributed by atoms with Crippen LogP contribution in [0.25, 0.3) is 0 Å². The molecular formula is C16H23Br2N. The molecule has 3 heteroatoms. The van der Waals surface area contributed by atoms with Crippen molar-refractivity contribution >= 4 is 37.5 Å². The molecule has 1 nitrogen and oxygen atoms in total. The van der Waals surface area contributed by atoms with Crippen LogP contribution in [0.5, 0.6) is 0 Å². The van der Waals surface area contributed by atoms with E-state index in [4.69, 9.17) is 0 Å². The quantitative estimate of drug-likeness (QED) is 0.595. The summed E-state index contributed by atoms with van der Waals surface area (Å²) in [6.45, 7) is 9.47. The molecule has 1 aromatic rings. The summed E-state index contributed by atoms with van der Waals surface area (Å²) in [5, 5.41) is 0.925. The largest absolute Gasteiger partial charge is 0.371 e. The van der Waals surface area contributed by atoms with Crippen LogP contribution < -0.4 is 4.90 Å². The standard InChI is InChI=1S/C16H23Br2N/c1-16(2,3)13-6-8-19(9-7-13)15-10-14(18)5-4-12(15)11-17/h4-5,10,13H,6-9,11H2,1-3H3. The Hall–Kier alpha value is -0.0200. The predicted octanol–water partition coefficient (Wildman–Crippen LogP) is 5.61.